The Bertz CT molecular complexity index is 1040. The van der Waals surface area contributed by atoms with Gasteiger partial charge in [0.15, 0.2) is 0 Å². The molecule has 0 unspecified atom stereocenters. The lowest BCUT2D eigenvalue weighted by molar-refractivity contribution is -0.117. The standard InChI is InChI=1S/C20H18ClN3O2/c1-13(22-18(25)11-8-14-6-4-3-5-7-14)19-23-17-12-15(21)9-10-16(17)20(26)24(19)2/h3-13H,1-2H3,(H,22,25)/t13-/m0/s1. The Morgan fingerprint density at radius 2 is 1.96 bits per heavy atom. The summed E-state index contributed by atoms with van der Waals surface area (Å²) in [6.07, 6.45) is 3.19. The highest BCUT2D eigenvalue weighted by molar-refractivity contribution is 6.31. The van der Waals surface area contributed by atoms with Gasteiger partial charge in [-0.1, -0.05) is 41.9 Å². The van der Waals surface area contributed by atoms with Gasteiger partial charge in [0.1, 0.15) is 5.82 Å². The van der Waals surface area contributed by atoms with Gasteiger partial charge in [0.05, 0.1) is 16.9 Å². The normalized spacial score (nSPS) is 12.4. The number of amides is 1. The van der Waals surface area contributed by atoms with Crippen LogP contribution in [-0.4, -0.2) is 15.5 Å². The maximum Gasteiger partial charge on any atom is 0.261 e. The molecule has 0 saturated heterocycles. The van der Waals surface area contributed by atoms with Gasteiger partial charge >= 0.3 is 0 Å². The molecular weight excluding hydrogens is 350 g/mol. The summed E-state index contributed by atoms with van der Waals surface area (Å²) in [5, 5.41) is 3.83. The van der Waals surface area contributed by atoms with Gasteiger partial charge in [0, 0.05) is 18.1 Å². The average Bonchev–Trinajstić information content (AvgIpc) is 2.63. The van der Waals surface area contributed by atoms with Gasteiger partial charge in [-0.05, 0) is 36.8 Å². The van der Waals surface area contributed by atoms with Gasteiger partial charge < -0.3 is 5.32 Å². The number of aromatic nitrogens is 2. The molecule has 2 aromatic carbocycles. The molecule has 0 aliphatic rings. The molecule has 5 nitrogen and oxygen atoms in total. The van der Waals surface area contributed by atoms with Crippen LogP contribution in [-0.2, 0) is 11.8 Å². The highest BCUT2D eigenvalue weighted by Crippen LogP contribution is 2.17. The van der Waals surface area contributed by atoms with Crippen molar-refractivity contribution in [1.82, 2.24) is 14.9 Å². The summed E-state index contributed by atoms with van der Waals surface area (Å²) in [6, 6.07) is 14.1. The second-order valence-corrected chi connectivity index (χ2v) is 6.41. The predicted molar refractivity (Wildman–Crippen MR) is 104 cm³/mol. The van der Waals surface area contributed by atoms with E-state index in [0.717, 1.165) is 5.56 Å². The first-order valence-electron chi connectivity index (χ1n) is 8.15. The van der Waals surface area contributed by atoms with Crippen molar-refractivity contribution in [2.24, 2.45) is 7.05 Å². The molecule has 1 aromatic heterocycles. The number of fused-ring (bicyclic) bond motifs is 1. The Labute approximate surface area is 155 Å². The van der Waals surface area contributed by atoms with E-state index in [0.29, 0.717) is 21.7 Å². The largest absolute Gasteiger partial charge is 0.343 e. The molecule has 0 aliphatic carbocycles. The van der Waals surface area contributed by atoms with Crippen LogP contribution in [0.1, 0.15) is 24.4 Å². The van der Waals surface area contributed by atoms with Crippen molar-refractivity contribution in [1.29, 1.82) is 0 Å². The maximum atomic E-state index is 12.5. The van der Waals surface area contributed by atoms with E-state index in [4.69, 9.17) is 11.6 Å². The molecule has 1 amide bonds. The summed E-state index contributed by atoms with van der Waals surface area (Å²) in [4.78, 5) is 29.2. The number of nitrogens with zero attached hydrogens (tertiary/aromatic N) is 2. The number of hydrogen-bond acceptors (Lipinski definition) is 3. The number of halogens is 1. The van der Waals surface area contributed by atoms with Gasteiger partial charge in [-0.2, -0.15) is 0 Å². The van der Waals surface area contributed by atoms with Crippen LogP contribution < -0.4 is 10.9 Å². The third-order valence-corrected chi connectivity index (χ3v) is 4.28. The number of benzene rings is 2. The summed E-state index contributed by atoms with van der Waals surface area (Å²) < 4.78 is 1.45. The van der Waals surface area contributed by atoms with E-state index in [1.165, 1.54) is 10.6 Å². The smallest absolute Gasteiger partial charge is 0.261 e. The molecule has 132 valence electrons. The number of rotatable bonds is 4. The number of hydrogen-bond donors (Lipinski definition) is 1. The van der Waals surface area contributed by atoms with Crippen LogP contribution in [0.3, 0.4) is 0 Å². The zero-order chi connectivity index (χ0) is 18.7. The molecule has 1 heterocycles. The molecule has 0 radical (unpaired) electrons. The Morgan fingerprint density at radius 1 is 1.23 bits per heavy atom. The molecule has 1 atom stereocenters. The van der Waals surface area contributed by atoms with E-state index in [9.17, 15) is 9.59 Å². The molecule has 3 aromatic rings. The van der Waals surface area contributed by atoms with Crippen LogP contribution in [0.4, 0.5) is 0 Å². The van der Waals surface area contributed by atoms with Crippen LogP contribution in [0.15, 0.2) is 59.4 Å². The molecule has 0 spiro atoms. The first kappa shape index (κ1) is 17.9. The van der Waals surface area contributed by atoms with Crippen LogP contribution in [0.5, 0.6) is 0 Å². The van der Waals surface area contributed by atoms with Crippen molar-refractivity contribution in [2.75, 3.05) is 0 Å². The molecule has 26 heavy (non-hydrogen) atoms. The monoisotopic (exact) mass is 367 g/mol. The van der Waals surface area contributed by atoms with E-state index < -0.39 is 6.04 Å². The average molecular weight is 368 g/mol. The van der Waals surface area contributed by atoms with Gasteiger partial charge in [0.2, 0.25) is 5.91 Å². The fourth-order valence-corrected chi connectivity index (χ4v) is 2.88. The Kier molecular flexibility index (Phi) is 5.19. The van der Waals surface area contributed by atoms with Gasteiger partial charge in [-0.15, -0.1) is 0 Å². The summed E-state index contributed by atoms with van der Waals surface area (Å²) in [7, 11) is 1.64. The highest BCUT2D eigenvalue weighted by Gasteiger charge is 2.15. The number of carbonyl (C=O) groups excluding carboxylic acids is 1. The molecule has 0 saturated carbocycles. The molecule has 0 bridgehead atoms. The van der Waals surface area contributed by atoms with Crippen molar-refractivity contribution in [3.05, 3.63) is 81.4 Å². The minimum atomic E-state index is -0.441. The number of carbonyl (C=O) groups is 1. The topological polar surface area (TPSA) is 64.0 Å². The first-order valence-corrected chi connectivity index (χ1v) is 8.53. The van der Waals surface area contributed by atoms with E-state index in [1.807, 2.05) is 30.3 Å². The van der Waals surface area contributed by atoms with Crippen LogP contribution in [0.2, 0.25) is 5.02 Å². The van der Waals surface area contributed by atoms with E-state index >= 15 is 0 Å². The van der Waals surface area contributed by atoms with Crippen LogP contribution in [0, 0.1) is 0 Å². The second-order valence-electron chi connectivity index (χ2n) is 5.97. The zero-order valence-electron chi connectivity index (χ0n) is 14.4. The Hall–Kier alpha value is -2.92. The Balaban J connectivity index is 1.84. The third kappa shape index (κ3) is 3.83. The van der Waals surface area contributed by atoms with Crippen LogP contribution >= 0.6 is 11.6 Å². The second kappa shape index (κ2) is 7.54. The first-order chi connectivity index (χ1) is 12.5. The predicted octanol–water partition coefficient (Wildman–Crippen LogP) is 3.48. The van der Waals surface area contributed by atoms with E-state index in [1.54, 1.807) is 38.2 Å². The lowest BCUT2D eigenvalue weighted by Crippen LogP contribution is -2.31. The highest BCUT2D eigenvalue weighted by atomic mass is 35.5. The molecule has 0 fully saturated rings. The fraction of sp³-hybridized carbons (Fsp3) is 0.150. The van der Waals surface area contributed by atoms with E-state index in [-0.39, 0.29) is 11.5 Å². The lowest BCUT2D eigenvalue weighted by Gasteiger charge is -2.16. The van der Waals surface area contributed by atoms with Crippen molar-refractivity contribution in [3.63, 3.8) is 0 Å². The van der Waals surface area contributed by atoms with E-state index in [2.05, 4.69) is 10.3 Å². The van der Waals surface area contributed by atoms with Gasteiger partial charge in [0.25, 0.3) is 5.56 Å². The minimum absolute atomic E-state index is 0.178. The van der Waals surface area contributed by atoms with Gasteiger partial charge in [-0.3, -0.25) is 14.2 Å². The SMILES string of the molecule is C[C@H](NC(=O)C=Cc1ccccc1)c1nc2cc(Cl)ccc2c(=O)n1C. The van der Waals surface area contributed by atoms with Crippen molar-refractivity contribution in [3.8, 4) is 0 Å². The molecule has 0 aliphatic heterocycles. The van der Waals surface area contributed by atoms with Gasteiger partial charge in [-0.25, -0.2) is 4.98 Å². The molecule has 6 heteroatoms. The Morgan fingerprint density at radius 3 is 2.69 bits per heavy atom. The molecule has 1 N–H and O–H groups in total. The van der Waals surface area contributed by atoms with Crippen molar-refractivity contribution in [2.45, 2.75) is 13.0 Å². The van der Waals surface area contributed by atoms with Crippen molar-refractivity contribution < 1.29 is 4.79 Å². The summed E-state index contributed by atoms with van der Waals surface area (Å²) in [6.45, 7) is 1.78. The maximum absolute atomic E-state index is 12.5. The fourth-order valence-electron chi connectivity index (χ4n) is 2.71. The summed E-state index contributed by atoms with van der Waals surface area (Å²) in [5.74, 6) is 0.202. The minimum Gasteiger partial charge on any atom is -0.343 e. The molecular formula is C20H18ClN3O2. The summed E-state index contributed by atoms with van der Waals surface area (Å²) in [5.41, 5.74) is 1.26. The third-order valence-electron chi connectivity index (χ3n) is 4.05. The zero-order valence-corrected chi connectivity index (χ0v) is 15.2. The number of nitrogens with one attached hydrogen (secondary N) is 1. The van der Waals surface area contributed by atoms with Crippen LogP contribution in [0.25, 0.3) is 17.0 Å². The quantitative estimate of drug-likeness (QED) is 0.718. The summed E-state index contributed by atoms with van der Waals surface area (Å²) >= 11 is 6.00. The molecule has 3 rings (SSSR count). The lowest BCUT2D eigenvalue weighted by atomic mass is 10.2. The van der Waals surface area contributed by atoms with Crippen molar-refractivity contribution >= 4 is 34.5 Å².